The van der Waals surface area contributed by atoms with E-state index in [4.69, 9.17) is 4.42 Å². The molecule has 7 nitrogen and oxygen atoms in total. The van der Waals surface area contributed by atoms with Crippen molar-refractivity contribution in [2.24, 2.45) is 0 Å². The smallest absolute Gasteiger partial charge is 0.336 e. The van der Waals surface area contributed by atoms with Crippen LogP contribution in [0, 0.1) is 5.82 Å². The number of carbonyl (C=O) groups is 1. The molecule has 2 N–H and O–H groups in total. The van der Waals surface area contributed by atoms with Crippen LogP contribution in [0.4, 0.5) is 10.1 Å². The van der Waals surface area contributed by atoms with Crippen LogP contribution in [0.3, 0.4) is 0 Å². The van der Waals surface area contributed by atoms with Crippen LogP contribution in [-0.2, 0) is 21.2 Å². The first-order valence-electron chi connectivity index (χ1n) is 9.97. The minimum absolute atomic E-state index is 0.0445. The highest BCUT2D eigenvalue weighted by Crippen LogP contribution is 2.19. The van der Waals surface area contributed by atoms with Gasteiger partial charge in [0.2, 0.25) is 15.9 Å². The molecule has 33 heavy (non-hydrogen) atoms. The third-order valence-electron chi connectivity index (χ3n) is 4.91. The summed E-state index contributed by atoms with van der Waals surface area (Å²) in [6.07, 6.45) is 0.0445. The maximum Gasteiger partial charge on any atom is 0.336 e. The Labute approximate surface area is 188 Å². The van der Waals surface area contributed by atoms with Crippen molar-refractivity contribution in [3.8, 4) is 0 Å². The van der Waals surface area contributed by atoms with E-state index in [-0.39, 0.29) is 6.42 Å². The molecule has 168 valence electrons. The maximum absolute atomic E-state index is 14.1. The molecule has 1 atom stereocenters. The van der Waals surface area contributed by atoms with Gasteiger partial charge in [-0.25, -0.2) is 17.6 Å². The Balaban J connectivity index is 1.62. The topological polar surface area (TPSA) is 105 Å². The predicted octanol–water partition coefficient (Wildman–Crippen LogP) is 3.46. The highest BCUT2D eigenvalue weighted by molar-refractivity contribution is 7.89. The summed E-state index contributed by atoms with van der Waals surface area (Å²) < 4.78 is 47.2. The molecule has 3 aromatic carbocycles. The fraction of sp³-hybridized carbons (Fsp3) is 0.0833. The first-order valence-corrected chi connectivity index (χ1v) is 11.5. The largest absolute Gasteiger partial charge is 0.423 e. The molecule has 1 aromatic heterocycles. The fourth-order valence-corrected chi connectivity index (χ4v) is 4.60. The third kappa shape index (κ3) is 5.33. The maximum atomic E-state index is 14.1. The number of rotatable bonds is 7. The van der Waals surface area contributed by atoms with E-state index in [2.05, 4.69) is 10.0 Å². The van der Waals surface area contributed by atoms with Gasteiger partial charge in [-0.15, -0.1) is 0 Å². The van der Waals surface area contributed by atoms with Gasteiger partial charge in [-0.05, 0) is 48.4 Å². The summed E-state index contributed by atoms with van der Waals surface area (Å²) in [5, 5.41) is 3.26. The van der Waals surface area contributed by atoms with Crippen molar-refractivity contribution >= 4 is 32.6 Å². The minimum Gasteiger partial charge on any atom is -0.423 e. The number of sulfonamides is 1. The van der Waals surface area contributed by atoms with E-state index < -0.39 is 38.3 Å². The molecule has 9 heteroatoms. The molecule has 0 saturated heterocycles. The number of hydrogen-bond donors (Lipinski definition) is 2. The van der Waals surface area contributed by atoms with Crippen molar-refractivity contribution < 1.29 is 22.0 Å². The number of carbonyl (C=O) groups excluding carboxylic acids is 1. The summed E-state index contributed by atoms with van der Waals surface area (Å²) in [4.78, 5) is 23.9. The summed E-state index contributed by atoms with van der Waals surface area (Å²) in [5.41, 5.74) is 0.949. The Morgan fingerprint density at radius 2 is 1.67 bits per heavy atom. The predicted molar refractivity (Wildman–Crippen MR) is 122 cm³/mol. The second-order valence-corrected chi connectivity index (χ2v) is 8.97. The Hall–Kier alpha value is -3.82. The average molecular weight is 466 g/mol. The molecule has 4 aromatic rings. The zero-order valence-corrected chi connectivity index (χ0v) is 18.0. The van der Waals surface area contributed by atoms with Crippen LogP contribution in [0.2, 0.25) is 0 Å². The van der Waals surface area contributed by atoms with Crippen LogP contribution in [0.25, 0.3) is 11.0 Å². The van der Waals surface area contributed by atoms with Gasteiger partial charge >= 0.3 is 5.63 Å². The van der Waals surface area contributed by atoms with E-state index in [1.54, 1.807) is 42.5 Å². The Bertz CT molecular complexity index is 1470. The summed E-state index contributed by atoms with van der Waals surface area (Å²) in [6, 6.07) is 20.1. The zero-order valence-electron chi connectivity index (χ0n) is 17.2. The zero-order chi connectivity index (χ0) is 23.4. The molecular formula is C24H19FN2O5S. The fourth-order valence-electron chi connectivity index (χ4n) is 3.33. The number of fused-ring (bicyclic) bond motifs is 1. The molecule has 0 aliphatic rings. The van der Waals surface area contributed by atoms with Crippen LogP contribution < -0.4 is 15.7 Å². The van der Waals surface area contributed by atoms with Crippen molar-refractivity contribution in [2.75, 3.05) is 5.32 Å². The standard InChI is InChI=1S/C24H19FN2O5S/c25-19-8-4-5-9-22(19)33(30,31)27-20(14-16-6-2-1-3-7-16)24(29)26-18-11-12-21-17(15-18)10-13-23(28)32-21/h1-13,15,20,27H,14H2,(H,26,29)/t20-/m0/s1. The molecule has 0 aliphatic carbocycles. The van der Waals surface area contributed by atoms with Crippen molar-refractivity contribution in [3.05, 3.63) is 107 Å². The lowest BCUT2D eigenvalue weighted by Crippen LogP contribution is -2.45. The van der Waals surface area contributed by atoms with Crippen LogP contribution in [0.15, 0.2) is 99.0 Å². The molecule has 4 rings (SSSR count). The average Bonchev–Trinajstić information content (AvgIpc) is 2.79. The highest BCUT2D eigenvalue weighted by atomic mass is 32.2. The van der Waals surface area contributed by atoms with Crippen molar-refractivity contribution in [1.29, 1.82) is 0 Å². The number of halogens is 1. The van der Waals surface area contributed by atoms with Gasteiger partial charge in [-0.2, -0.15) is 4.72 Å². The quantitative estimate of drug-likeness (QED) is 0.406. The lowest BCUT2D eigenvalue weighted by atomic mass is 10.1. The van der Waals surface area contributed by atoms with Crippen molar-refractivity contribution in [1.82, 2.24) is 4.72 Å². The first-order chi connectivity index (χ1) is 15.8. The number of amides is 1. The summed E-state index contributed by atoms with van der Waals surface area (Å²) in [6.45, 7) is 0. The van der Waals surface area contributed by atoms with Crippen LogP contribution >= 0.6 is 0 Å². The molecule has 0 radical (unpaired) electrons. The molecule has 0 spiro atoms. The SMILES string of the molecule is O=C(Nc1ccc2oc(=O)ccc2c1)[C@H](Cc1ccccc1)NS(=O)(=O)c1ccccc1F. The second kappa shape index (κ2) is 9.35. The van der Waals surface area contributed by atoms with Gasteiger partial charge in [0.15, 0.2) is 0 Å². The van der Waals surface area contributed by atoms with E-state index >= 15 is 0 Å². The first kappa shape index (κ1) is 22.4. The Kier molecular flexibility index (Phi) is 6.34. The van der Waals surface area contributed by atoms with Crippen LogP contribution in [-0.4, -0.2) is 20.4 Å². The minimum atomic E-state index is -4.32. The van der Waals surface area contributed by atoms with Gasteiger partial charge in [0.1, 0.15) is 22.3 Å². The van der Waals surface area contributed by atoms with E-state index in [9.17, 15) is 22.4 Å². The van der Waals surface area contributed by atoms with E-state index in [0.29, 0.717) is 22.2 Å². The molecule has 1 amide bonds. The van der Waals surface area contributed by atoms with Crippen molar-refractivity contribution in [2.45, 2.75) is 17.4 Å². The van der Waals surface area contributed by atoms with E-state index in [0.717, 1.165) is 12.1 Å². The van der Waals surface area contributed by atoms with Gasteiger partial charge in [-0.1, -0.05) is 42.5 Å². The van der Waals surface area contributed by atoms with E-state index in [1.807, 2.05) is 0 Å². The van der Waals surface area contributed by atoms with Crippen LogP contribution in [0.5, 0.6) is 0 Å². The third-order valence-corrected chi connectivity index (χ3v) is 6.41. The molecule has 0 aliphatic heterocycles. The molecule has 0 saturated carbocycles. The molecule has 0 unspecified atom stereocenters. The number of benzene rings is 3. The molecule has 0 bridgehead atoms. The van der Waals surface area contributed by atoms with Gasteiger partial charge in [-0.3, -0.25) is 4.79 Å². The van der Waals surface area contributed by atoms with Gasteiger partial charge < -0.3 is 9.73 Å². The number of anilines is 1. The lowest BCUT2D eigenvalue weighted by molar-refractivity contribution is -0.117. The molecular weight excluding hydrogens is 447 g/mol. The summed E-state index contributed by atoms with van der Waals surface area (Å²) in [7, 11) is -4.32. The van der Waals surface area contributed by atoms with Gasteiger partial charge in [0.05, 0.1) is 0 Å². The van der Waals surface area contributed by atoms with Gasteiger partial charge in [0, 0.05) is 17.1 Å². The number of hydrogen-bond acceptors (Lipinski definition) is 5. The second-order valence-electron chi connectivity index (χ2n) is 7.29. The Morgan fingerprint density at radius 3 is 2.42 bits per heavy atom. The summed E-state index contributed by atoms with van der Waals surface area (Å²) >= 11 is 0. The highest BCUT2D eigenvalue weighted by Gasteiger charge is 2.28. The van der Waals surface area contributed by atoms with E-state index in [1.165, 1.54) is 30.3 Å². The molecule has 0 fully saturated rings. The summed E-state index contributed by atoms with van der Waals surface area (Å²) in [5.74, 6) is -1.55. The normalized spacial score (nSPS) is 12.4. The Morgan fingerprint density at radius 1 is 0.939 bits per heavy atom. The van der Waals surface area contributed by atoms with Gasteiger partial charge in [0.25, 0.3) is 0 Å². The van der Waals surface area contributed by atoms with Crippen LogP contribution in [0.1, 0.15) is 5.56 Å². The number of nitrogens with one attached hydrogen (secondary N) is 2. The van der Waals surface area contributed by atoms with Crippen molar-refractivity contribution in [3.63, 3.8) is 0 Å². The molecule has 1 heterocycles. The lowest BCUT2D eigenvalue weighted by Gasteiger charge is -2.19. The monoisotopic (exact) mass is 466 g/mol.